The number of aryl methyl sites for hydroxylation is 1. The van der Waals surface area contributed by atoms with Gasteiger partial charge < -0.3 is 23.8 Å². The van der Waals surface area contributed by atoms with Crippen LogP contribution in [-0.2, 0) is 32.0 Å². The molecular formula is C17H28N4O4. The van der Waals surface area contributed by atoms with Crippen LogP contribution in [0.3, 0.4) is 0 Å². The number of amides is 1. The smallest absolute Gasteiger partial charge is 0.328 e. The summed E-state index contributed by atoms with van der Waals surface area (Å²) in [6.07, 6.45) is 6.29. The number of hydrogen-bond donors (Lipinski definition) is 0. The van der Waals surface area contributed by atoms with Crippen LogP contribution in [0, 0.1) is 0 Å². The molecule has 1 aliphatic rings. The first-order valence-electron chi connectivity index (χ1n) is 8.60. The zero-order valence-electron chi connectivity index (χ0n) is 15.3. The van der Waals surface area contributed by atoms with Crippen LogP contribution in [0.25, 0.3) is 0 Å². The lowest BCUT2D eigenvalue weighted by molar-refractivity contribution is -0.154. The van der Waals surface area contributed by atoms with Gasteiger partial charge in [-0.1, -0.05) is 0 Å². The number of rotatable bonds is 8. The van der Waals surface area contributed by atoms with Crippen LogP contribution in [0.5, 0.6) is 0 Å². The van der Waals surface area contributed by atoms with Gasteiger partial charge in [0, 0.05) is 51.5 Å². The standard InChI is InChI=1S/C17H28N4O4/c1-19(2)14-6-9-20(10-7-14)16(22)5-4-15-18-8-11-21(15)12-17(23)25-13-24-3/h8,11,14H,4-7,9-10,12-13H2,1-3H3. The summed E-state index contributed by atoms with van der Waals surface area (Å²) in [6.45, 7) is 1.62. The van der Waals surface area contributed by atoms with Crippen molar-refractivity contribution in [3.63, 3.8) is 0 Å². The number of carbonyl (C=O) groups excluding carboxylic acids is 2. The summed E-state index contributed by atoms with van der Waals surface area (Å²) in [4.78, 5) is 32.5. The minimum atomic E-state index is -0.391. The van der Waals surface area contributed by atoms with Gasteiger partial charge in [0.25, 0.3) is 0 Å². The molecule has 8 nitrogen and oxygen atoms in total. The third-order valence-electron chi connectivity index (χ3n) is 4.55. The summed E-state index contributed by atoms with van der Waals surface area (Å²) < 4.78 is 11.3. The van der Waals surface area contributed by atoms with Gasteiger partial charge in [0.05, 0.1) is 0 Å². The molecule has 2 rings (SSSR count). The van der Waals surface area contributed by atoms with E-state index >= 15 is 0 Å². The number of ether oxygens (including phenoxy) is 2. The van der Waals surface area contributed by atoms with Crippen molar-refractivity contribution in [3.8, 4) is 0 Å². The van der Waals surface area contributed by atoms with E-state index in [1.54, 1.807) is 17.0 Å². The minimum Gasteiger partial charge on any atom is -0.437 e. The van der Waals surface area contributed by atoms with E-state index in [4.69, 9.17) is 9.47 Å². The highest BCUT2D eigenvalue weighted by Gasteiger charge is 2.23. The molecule has 0 aromatic carbocycles. The molecule has 0 saturated carbocycles. The Morgan fingerprint density at radius 3 is 2.68 bits per heavy atom. The molecule has 1 fully saturated rings. The molecule has 1 amide bonds. The number of imidazole rings is 1. The van der Waals surface area contributed by atoms with Crippen LogP contribution in [-0.4, -0.2) is 78.4 Å². The predicted octanol–water partition coefficient (Wildman–Crippen LogP) is 0.515. The second-order valence-electron chi connectivity index (χ2n) is 6.47. The van der Waals surface area contributed by atoms with Gasteiger partial charge in [-0.2, -0.15) is 0 Å². The van der Waals surface area contributed by atoms with Crippen molar-refractivity contribution in [2.24, 2.45) is 0 Å². The van der Waals surface area contributed by atoms with E-state index in [1.807, 2.05) is 4.90 Å². The molecule has 0 N–H and O–H groups in total. The maximum absolute atomic E-state index is 12.4. The average molecular weight is 352 g/mol. The van der Waals surface area contributed by atoms with Crippen molar-refractivity contribution < 1.29 is 19.1 Å². The van der Waals surface area contributed by atoms with Crippen LogP contribution in [0.15, 0.2) is 12.4 Å². The van der Waals surface area contributed by atoms with Gasteiger partial charge in [0.1, 0.15) is 12.4 Å². The number of nitrogens with zero attached hydrogens (tertiary/aromatic N) is 4. The van der Waals surface area contributed by atoms with E-state index < -0.39 is 5.97 Å². The Morgan fingerprint density at radius 1 is 1.32 bits per heavy atom. The van der Waals surface area contributed by atoms with Crippen LogP contribution in [0.4, 0.5) is 0 Å². The summed E-state index contributed by atoms with van der Waals surface area (Å²) >= 11 is 0. The van der Waals surface area contributed by atoms with Gasteiger partial charge in [0.2, 0.25) is 5.91 Å². The molecule has 0 atom stereocenters. The van der Waals surface area contributed by atoms with E-state index in [-0.39, 0.29) is 19.2 Å². The van der Waals surface area contributed by atoms with Crippen molar-refractivity contribution >= 4 is 11.9 Å². The maximum Gasteiger partial charge on any atom is 0.328 e. The molecule has 0 spiro atoms. The molecule has 1 aromatic heterocycles. The quantitative estimate of drug-likeness (QED) is 0.501. The van der Waals surface area contributed by atoms with Gasteiger partial charge in [-0.25, -0.2) is 4.98 Å². The first kappa shape index (κ1) is 19.4. The highest BCUT2D eigenvalue weighted by Crippen LogP contribution is 2.15. The van der Waals surface area contributed by atoms with Crippen molar-refractivity contribution in [1.29, 1.82) is 0 Å². The van der Waals surface area contributed by atoms with Crippen molar-refractivity contribution in [2.75, 3.05) is 41.1 Å². The van der Waals surface area contributed by atoms with Crippen LogP contribution >= 0.6 is 0 Å². The van der Waals surface area contributed by atoms with E-state index in [0.29, 0.717) is 24.7 Å². The summed E-state index contributed by atoms with van der Waals surface area (Å²) in [5.74, 6) is 0.470. The van der Waals surface area contributed by atoms with Crippen LogP contribution < -0.4 is 0 Å². The molecule has 0 radical (unpaired) electrons. The van der Waals surface area contributed by atoms with E-state index in [1.165, 1.54) is 7.11 Å². The summed E-state index contributed by atoms with van der Waals surface area (Å²) in [5, 5.41) is 0. The Labute approximate surface area is 148 Å². The second kappa shape index (κ2) is 9.53. The van der Waals surface area contributed by atoms with E-state index in [9.17, 15) is 9.59 Å². The number of hydrogen-bond acceptors (Lipinski definition) is 6. The first-order valence-corrected chi connectivity index (χ1v) is 8.60. The molecule has 1 aliphatic heterocycles. The van der Waals surface area contributed by atoms with Crippen LogP contribution in [0.2, 0.25) is 0 Å². The van der Waals surface area contributed by atoms with E-state index in [2.05, 4.69) is 24.0 Å². The fourth-order valence-corrected chi connectivity index (χ4v) is 3.03. The Morgan fingerprint density at radius 2 is 2.04 bits per heavy atom. The molecule has 0 bridgehead atoms. The van der Waals surface area contributed by atoms with Crippen molar-refractivity contribution in [3.05, 3.63) is 18.2 Å². The Bertz CT molecular complexity index is 565. The number of piperidine rings is 1. The van der Waals surface area contributed by atoms with Gasteiger partial charge in [-0.15, -0.1) is 0 Å². The fourth-order valence-electron chi connectivity index (χ4n) is 3.03. The molecule has 1 aromatic rings. The van der Waals surface area contributed by atoms with Gasteiger partial charge in [-0.05, 0) is 26.9 Å². The predicted molar refractivity (Wildman–Crippen MR) is 91.8 cm³/mol. The van der Waals surface area contributed by atoms with E-state index in [0.717, 1.165) is 25.9 Å². The fraction of sp³-hybridized carbons (Fsp3) is 0.706. The monoisotopic (exact) mass is 352 g/mol. The topological polar surface area (TPSA) is 76.9 Å². The first-order chi connectivity index (χ1) is 12.0. The number of methoxy groups -OCH3 is 1. The van der Waals surface area contributed by atoms with Gasteiger partial charge in [0.15, 0.2) is 6.79 Å². The summed E-state index contributed by atoms with van der Waals surface area (Å²) in [7, 11) is 5.63. The molecule has 0 aliphatic carbocycles. The number of aromatic nitrogens is 2. The third kappa shape index (κ3) is 5.82. The molecule has 8 heteroatoms. The van der Waals surface area contributed by atoms with Crippen LogP contribution in [0.1, 0.15) is 25.1 Å². The summed E-state index contributed by atoms with van der Waals surface area (Å²) in [6, 6.07) is 0.557. The molecule has 140 valence electrons. The average Bonchev–Trinajstić information content (AvgIpc) is 3.04. The normalized spacial score (nSPS) is 15.6. The molecule has 1 saturated heterocycles. The number of esters is 1. The molecule has 0 unspecified atom stereocenters. The lowest BCUT2D eigenvalue weighted by Gasteiger charge is -2.35. The Balaban J connectivity index is 1.79. The summed E-state index contributed by atoms with van der Waals surface area (Å²) in [5.41, 5.74) is 0. The minimum absolute atomic E-state index is 0.0652. The van der Waals surface area contributed by atoms with Crippen molar-refractivity contribution in [1.82, 2.24) is 19.4 Å². The second-order valence-corrected chi connectivity index (χ2v) is 6.47. The van der Waals surface area contributed by atoms with Gasteiger partial charge in [-0.3, -0.25) is 9.59 Å². The lowest BCUT2D eigenvalue weighted by Crippen LogP contribution is -2.44. The molecule has 25 heavy (non-hydrogen) atoms. The number of carbonyl (C=O) groups is 2. The maximum atomic E-state index is 12.4. The lowest BCUT2D eigenvalue weighted by atomic mass is 10.0. The highest BCUT2D eigenvalue weighted by molar-refractivity contribution is 5.76. The highest BCUT2D eigenvalue weighted by atomic mass is 16.7. The SMILES string of the molecule is COCOC(=O)Cn1ccnc1CCC(=O)N1CCC(N(C)C)CC1. The van der Waals surface area contributed by atoms with Gasteiger partial charge >= 0.3 is 5.97 Å². The third-order valence-corrected chi connectivity index (χ3v) is 4.55. The Kier molecular flexibility index (Phi) is 7.39. The Hall–Kier alpha value is -1.93. The zero-order chi connectivity index (χ0) is 18.2. The largest absolute Gasteiger partial charge is 0.437 e. The number of likely N-dealkylation sites (tertiary alicyclic amines) is 1. The zero-order valence-corrected chi connectivity index (χ0v) is 15.3. The molecular weight excluding hydrogens is 324 g/mol. The van der Waals surface area contributed by atoms with Crippen molar-refractivity contribution in [2.45, 2.75) is 38.3 Å². The molecule has 2 heterocycles.